The Morgan fingerprint density at radius 3 is 1.74 bits per heavy atom. The number of fused-ring (bicyclic) bond motifs is 2. The molecule has 154 valence electrons. The zero-order valence-electron chi connectivity index (χ0n) is 17.8. The number of hydrogen-bond donors (Lipinski definition) is 1. The molecule has 1 aliphatic rings. The number of benzene rings is 4. The summed E-state index contributed by atoms with van der Waals surface area (Å²) in [6, 6.07) is 28.9. The van der Waals surface area contributed by atoms with Gasteiger partial charge in [-0.3, -0.25) is 0 Å². The van der Waals surface area contributed by atoms with Crippen LogP contribution >= 0.6 is 11.6 Å². The number of aliphatic hydroxyl groups is 1. The van der Waals surface area contributed by atoms with E-state index in [4.69, 9.17) is 11.6 Å². The van der Waals surface area contributed by atoms with Crippen molar-refractivity contribution in [3.05, 3.63) is 129 Å². The number of halogens is 1. The van der Waals surface area contributed by atoms with Gasteiger partial charge in [-0.05, 0) is 60.6 Å². The molecule has 1 N–H and O–H groups in total. The van der Waals surface area contributed by atoms with E-state index in [-0.39, 0.29) is 0 Å². The van der Waals surface area contributed by atoms with Gasteiger partial charge in [-0.25, -0.2) is 0 Å². The molecule has 31 heavy (non-hydrogen) atoms. The van der Waals surface area contributed by atoms with Gasteiger partial charge in [0, 0.05) is 16.1 Å². The van der Waals surface area contributed by atoms with Gasteiger partial charge in [0.05, 0.1) is 0 Å². The summed E-state index contributed by atoms with van der Waals surface area (Å²) >= 11 is 6.62. The van der Waals surface area contributed by atoms with Crippen molar-refractivity contribution in [3.8, 4) is 11.1 Å². The van der Waals surface area contributed by atoms with Gasteiger partial charge in [0.1, 0.15) is 5.60 Å². The summed E-state index contributed by atoms with van der Waals surface area (Å²) in [4.78, 5) is 0. The molecule has 5 rings (SSSR count). The molecule has 0 aromatic heterocycles. The maximum absolute atomic E-state index is 12.8. The molecule has 0 unspecified atom stereocenters. The smallest absolute Gasteiger partial charge is 0.141 e. The third-order valence-electron chi connectivity index (χ3n) is 6.45. The third-order valence-corrected chi connectivity index (χ3v) is 6.78. The maximum Gasteiger partial charge on any atom is 0.141 e. The predicted molar refractivity (Wildman–Crippen MR) is 129 cm³/mol. The van der Waals surface area contributed by atoms with Crippen molar-refractivity contribution in [1.29, 1.82) is 0 Å². The van der Waals surface area contributed by atoms with Crippen molar-refractivity contribution in [2.75, 3.05) is 0 Å². The Hall–Kier alpha value is -2.87. The van der Waals surface area contributed by atoms with Gasteiger partial charge in [0.2, 0.25) is 0 Å². The van der Waals surface area contributed by atoms with Crippen LogP contribution in [0.1, 0.15) is 38.9 Å². The first kappa shape index (κ1) is 20.1. The van der Waals surface area contributed by atoms with E-state index in [1.54, 1.807) is 0 Å². The van der Waals surface area contributed by atoms with Gasteiger partial charge in [0.25, 0.3) is 0 Å². The molecule has 4 aromatic rings. The molecule has 0 aliphatic heterocycles. The fourth-order valence-electron chi connectivity index (χ4n) is 4.91. The lowest BCUT2D eigenvalue weighted by Gasteiger charge is -2.34. The Bertz CT molecular complexity index is 1230. The van der Waals surface area contributed by atoms with Crippen LogP contribution in [-0.2, 0) is 18.4 Å². The number of hydrogen-bond acceptors (Lipinski definition) is 1. The Labute approximate surface area is 189 Å². The lowest BCUT2D eigenvalue weighted by molar-refractivity contribution is 0.125. The summed E-state index contributed by atoms with van der Waals surface area (Å²) in [5, 5.41) is 13.4. The monoisotopic (exact) mass is 424 g/mol. The standard InChI is InChI=1S/C29H25ClO/c1-19-11-13-21-15-16-22-14-12-20(2)18-27(22)29(31,26(21)17-19)25-9-5-3-7-23(25)24-8-4-6-10-28(24)30/h3-14,17-18,31H,15-16H2,1-2H3. The van der Waals surface area contributed by atoms with E-state index >= 15 is 0 Å². The summed E-state index contributed by atoms with van der Waals surface area (Å²) in [7, 11) is 0. The second-order valence-electron chi connectivity index (χ2n) is 8.56. The first-order valence-corrected chi connectivity index (χ1v) is 11.1. The topological polar surface area (TPSA) is 20.2 Å². The van der Waals surface area contributed by atoms with E-state index in [2.05, 4.69) is 56.3 Å². The van der Waals surface area contributed by atoms with Gasteiger partial charge >= 0.3 is 0 Å². The first-order chi connectivity index (χ1) is 15.0. The van der Waals surface area contributed by atoms with Crippen LogP contribution in [0.25, 0.3) is 11.1 Å². The van der Waals surface area contributed by atoms with Gasteiger partial charge < -0.3 is 5.11 Å². The molecule has 0 fully saturated rings. The summed E-state index contributed by atoms with van der Waals surface area (Å²) in [5.41, 5.74) is 8.09. The molecule has 4 aromatic carbocycles. The van der Waals surface area contributed by atoms with Crippen LogP contribution in [-0.4, -0.2) is 5.11 Å². The van der Waals surface area contributed by atoms with E-state index in [1.165, 1.54) is 11.1 Å². The van der Waals surface area contributed by atoms with Crippen LogP contribution < -0.4 is 0 Å². The third kappa shape index (κ3) is 3.29. The zero-order chi connectivity index (χ0) is 21.6. The fourth-order valence-corrected chi connectivity index (χ4v) is 5.15. The molecule has 0 saturated carbocycles. The van der Waals surface area contributed by atoms with Crippen LogP contribution in [0.2, 0.25) is 5.02 Å². The number of aryl methyl sites for hydroxylation is 4. The molecule has 0 radical (unpaired) electrons. The van der Waals surface area contributed by atoms with E-state index in [0.717, 1.165) is 51.8 Å². The molecular formula is C29H25ClO. The number of rotatable bonds is 2. The highest BCUT2D eigenvalue weighted by Gasteiger charge is 2.40. The molecule has 0 saturated heterocycles. The normalized spacial score (nSPS) is 14.5. The summed E-state index contributed by atoms with van der Waals surface area (Å²) in [6.07, 6.45) is 1.81. The average Bonchev–Trinajstić information content (AvgIpc) is 2.90. The first-order valence-electron chi connectivity index (χ1n) is 10.8. The second kappa shape index (κ2) is 7.67. The molecule has 0 atom stereocenters. The van der Waals surface area contributed by atoms with Crippen molar-refractivity contribution < 1.29 is 5.11 Å². The van der Waals surface area contributed by atoms with Crippen molar-refractivity contribution >= 4 is 11.6 Å². The molecular weight excluding hydrogens is 400 g/mol. The van der Waals surface area contributed by atoms with E-state index in [0.29, 0.717) is 5.02 Å². The lowest BCUT2D eigenvalue weighted by Crippen LogP contribution is -2.31. The largest absolute Gasteiger partial charge is 0.376 e. The van der Waals surface area contributed by atoms with Crippen LogP contribution in [0.15, 0.2) is 84.9 Å². The Balaban J connectivity index is 1.90. The summed E-state index contributed by atoms with van der Waals surface area (Å²) in [5.74, 6) is 0. The molecule has 0 amide bonds. The minimum Gasteiger partial charge on any atom is -0.376 e. The molecule has 1 aliphatic carbocycles. The van der Waals surface area contributed by atoms with Crippen molar-refractivity contribution in [2.45, 2.75) is 32.3 Å². The van der Waals surface area contributed by atoms with Crippen molar-refractivity contribution in [1.82, 2.24) is 0 Å². The molecule has 1 nitrogen and oxygen atoms in total. The minimum absolute atomic E-state index is 0.682. The highest BCUT2D eigenvalue weighted by atomic mass is 35.5. The average molecular weight is 425 g/mol. The predicted octanol–water partition coefficient (Wildman–Crippen LogP) is 7.01. The molecule has 0 heterocycles. The quantitative estimate of drug-likeness (QED) is 0.367. The van der Waals surface area contributed by atoms with E-state index in [1.807, 2.05) is 42.5 Å². The zero-order valence-corrected chi connectivity index (χ0v) is 18.6. The Morgan fingerprint density at radius 2 is 1.16 bits per heavy atom. The van der Waals surface area contributed by atoms with Crippen molar-refractivity contribution in [3.63, 3.8) is 0 Å². The van der Waals surface area contributed by atoms with Gasteiger partial charge in [-0.1, -0.05) is 102 Å². The fraction of sp³-hybridized carbons (Fsp3) is 0.172. The van der Waals surface area contributed by atoms with Crippen LogP contribution in [0.3, 0.4) is 0 Å². The Kier molecular flexibility index (Phi) is 4.97. The van der Waals surface area contributed by atoms with Crippen LogP contribution in [0.4, 0.5) is 0 Å². The lowest BCUT2D eigenvalue weighted by atomic mass is 9.75. The van der Waals surface area contributed by atoms with Crippen molar-refractivity contribution in [2.24, 2.45) is 0 Å². The highest BCUT2D eigenvalue weighted by Crippen LogP contribution is 2.47. The van der Waals surface area contributed by atoms with Crippen LogP contribution in [0.5, 0.6) is 0 Å². The molecule has 0 spiro atoms. The Morgan fingerprint density at radius 1 is 0.645 bits per heavy atom. The van der Waals surface area contributed by atoms with E-state index in [9.17, 15) is 5.11 Å². The van der Waals surface area contributed by atoms with Gasteiger partial charge in [-0.15, -0.1) is 0 Å². The summed E-state index contributed by atoms with van der Waals surface area (Å²) in [6.45, 7) is 4.17. The van der Waals surface area contributed by atoms with Crippen LogP contribution in [0, 0.1) is 13.8 Å². The molecule has 2 heteroatoms. The van der Waals surface area contributed by atoms with Gasteiger partial charge in [0.15, 0.2) is 0 Å². The SMILES string of the molecule is Cc1ccc2c(c1)C(O)(c1ccccc1-c1ccccc1Cl)c1cc(C)ccc1CC2. The summed E-state index contributed by atoms with van der Waals surface area (Å²) < 4.78 is 0. The second-order valence-corrected chi connectivity index (χ2v) is 8.96. The molecule has 0 bridgehead atoms. The highest BCUT2D eigenvalue weighted by molar-refractivity contribution is 6.33. The minimum atomic E-state index is -1.27. The van der Waals surface area contributed by atoms with E-state index < -0.39 is 5.60 Å². The van der Waals surface area contributed by atoms with Gasteiger partial charge in [-0.2, -0.15) is 0 Å². The maximum atomic E-state index is 12.8.